The first kappa shape index (κ1) is 22.2. The Bertz CT molecular complexity index is 838. The van der Waals surface area contributed by atoms with Crippen LogP contribution in [0.25, 0.3) is 0 Å². The first-order valence-corrected chi connectivity index (χ1v) is 9.55. The maximum atomic E-state index is 12.3. The van der Waals surface area contributed by atoms with Crippen LogP contribution in [0.1, 0.15) is 35.3 Å². The Morgan fingerprint density at radius 2 is 1.76 bits per heavy atom. The predicted molar refractivity (Wildman–Crippen MR) is 110 cm³/mol. The van der Waals surface area contributed by atoms with E-state index in [2.05, 4.69) is 10.9 Å². The Morgan fingerprint density at radius 1 is 0.966 bits per heavy atom. The molecule has 0 aliphatic carbocycles. The normalized spacial score (nSPS) is 11.4. The summed E-state index contributed by atoms with van der Waals surface area (Å²) >= 11 is 0. The molecule has 0 aliphatic heterocycles. The SMILES string of the molecule is CCOCCOc1cccc(C(=O)NNC(=O)C(C)Oc2ccc(C)c(C)c2)c1. The molecule has 0 spiro atoms. The molecule has 0 saturated heterocycles. The van der Waals surface area contributed by atoms with Gasteiger partial charge in [0, 0.05) is 12.2 Å². The quantitative estimate of drug-likeness (QED) is 0.499. The van der Waals surface area contributed by atoms with Crippen LogP contribution in [-0.2, 0) is 9.53 Å². The lowest BCUT2D eigenvalue weighted by atomic mass is 10.1. The van der Waals surface area contributed by atoms with E-state index in [-0.39, 0.29) is 0 Å². The fraction of sp³-hybridized carbons (Fsp3) is 0.364. The summed E-state index contributed by atoms with van der Waals surface area (Å²) in [5.74, 6) is 0.238. The van der Waals surface area contributed by atoms with Gasteiger partial charge in [-0.15, -0.1) is 0 Å². The van der Waals surface area contributed by atoms with Gasteiger partial charge in [0.2, 0.25) is 0 Å². The number of rotatable bonds is 9. The molecule has 0 heterocycles. The lowest BCUT2D eigenvalue weighted by molar-refractivity contribution is -0.128. The number of hydrazine groups is 1. The zero-order chi connectivity index (χ0) is 21.2. The van der Waals surface area contributed by atoms with Crippen LogP contribution in [0.15, 0.2) is 42.5 Å². The number of hydrogen-bond acceptors (Lipinski definition) is 5. The van der Waals surface area contributed by atoms with E-state index in [9.17, 15) is 9.59 Å². The third kappa shape index (κ3) is 7.12. The van der Waals surface area contributed by atoms with E-state index in [0.29, 0.717) is 36.9 Å². The lowest BCUT2D eigenvalue weighted by Crippen LogP contribution is -2.47. The van der Waals surface area contributed by atoms with Crippen LogP contribution < -0.4 is 20.3 Å². The van der Waals surface area contributed by atoms with Crippen molar-refractivity contribution >= 4 is 11.8 Å². The van der Waals surface area contributed by atoms with Crippen LogP contribution >= 0.6 is 0 Å². The van der Waals surface area contributed by atoms with Crippen molar-refractivity contribution in [1.29, 1.82) is 0 Å². The zero-order valence-corrected chi connectivity index (χ0v) is 17.3. The van der Waals surface area contributed by atoms with E-state index in [1.807, 2.05) is 39.0 Å². The second-order valence-corrected chi connectivity index (χ2v) is 6.52. The summed E-state index contributed by atoms with van der Waals surface area (Å²) in [7, 11) is 0. The standard InChI is InChI=1S/C22H28N2O5/c1-5-27-11-12-28-19-8-6-7-18(14-19)22(26)24-23-21(25)17(4)29-20-10-9-15(2)16(3)13-20/h6-10,13-14,17H,5,11-12H2,1-4H3,(H,23,25)(H,24,26). The van der Waals surface area contributed by atoms with Crippen molar-refractivity contribution in [2.24, 2.45) is 0 Å². The summed E-state index contributed by atoms with van der Waals surface area (Å²) in [6.45, 7) is 8.99. The minimum absolute atomic E-state index is 0.363. The molecule has 2 aromatic carbocycles. The van der Waals surface area contributed by atoms with Crippen LogP contribution in [0.3, 0.4) is 0 Å². The molecule has 0 radical (unpaired) electrons. The lowest BCUT2D eigenvalue weighted by Gasteiger charge is -2.16. The number of aryl methyl sites for hydroxylation is 2. The molecule has 0 aromatic heterocycles. The summed E-state index contributed by atoms with van der Waals surface area (Å²) in [4.78, 5) is 24.5. The monoisotopic (exact) mass is 400 g/mol. The molecule has 1 unspecified atom stereocenters. The average molecular weight is 400 g/mol. The van der Waals surface area contributed by atoms with E-state index in [1.54, 1.807) is 31.2 Å². The molecule has 0 aliphatic rings. The number of benzene rings is 2. The van der Waals surface area contributed by atoms with Crippen molar-refractivity contribution in [2.45, 2.75) is 33.8 Å². The van der Waals surface area contributed by atoms with Gasteiger partial charge in [-0.3, -0.25) is 20.4 Å². The number of hydrogen-bond donors (Lipinski definition) is 2. The average Bonchev–Trinajstić information content (AvgIpc) is 2.72. The van der Waals surface area contributed by atoms with Crippen molar-refractivity contribution in [3.8, 4) is 11.5 Å². The maximum absolute atomic E-state index is 12.3. The highest BCUT2D eigenvalue weighted by Crippen LogP contribution is 2.17. The number of ether oxygens (including phenoxy) is 3. The van der Waals surface area contributed by atoms with Crippen LogP contribution in [-0.4, -0.2) is 37.7 Å². The summed E-state index contributed by atoms with van der Waals surface area (Å²) in [6.07, 6.45) is -0.773. The molecule has 29 heavy (non-hydrogen) atoms. The number of amides is 2. The molecule has 1 atom stereocenters. The molecular formula is C22H28N2O5. The van der Waals surface area contributed by atoms with Gasteiger partial charge in [0.25, 0.3) is 11.8 Å². The first-order valence-electron chi connectivity index (χ1n) is 9.55. The number of carbonyl (C=O) groups is 2. The van der Waals surface area contributed by atoms with Gasteiger partial charge in [0.05, 0.1) is 6.61 Å². The Kier molecular flexibility index (Phi) is 8.48. The summed E-state index contributed by atoms with van der Waals surface area (Å²) in [5, 5.41) is 0. The van der Waals surface area contributed by atoms with Crippen molar-refractivity contribution in [3.63, 3.8) is 0 Å². The van der Waals surface area contributed by atoms with Gasteiger partial charge in [-0.05, 0) is 69.2 Å². The molecule has 2 rings (SSSR count). The highest BCUT2D eigenvalue weighted by molar-refractivity contribution is 5.96. The van der Waals surface area contributed by atoms with Gasteiger partial charge in [-0.25, -0.2) is 0 Å². The molecule has 156 valence electrons. The molecule has 7 heteroatoms. The number of nitrogens with one attached hydrogen (secondary N) is 2. The fourth-order valence-corrected chi connectivity index (χ4v) is 2.43. The third-order valence-electron chi connectivity index (χ3n) is 4.26. The van der Waals surface area contributed by atoms with Crippen LogP contribution in [0.4, 0.5) is 0 Å². The van der Waals surface area contributed by atoms with E-state index in [0.717, 1.165) is 11.1 Å². The molecule has 2 amide bonds. The van der Waals surface area contributed by atoms with Crippen LogP contribution in [0.5, 0.6) is 11.5 Å². The van der Waals surface area contributed by atoms with Crippen molar-refractivity contribution in [3.05, 3.63) is 59.2 Å². The van der Waals surface area contributed by atoms with Gasteiger partial charge < -0.3 is 14.2 Å². The van der Waals surface area contributed by atoms with Crippen LogP contribution in [0.2, 0.25) is 0 Å². The van der Waals surface area contributed by atoms with Crippen molar-refractivity contribution < 1.29 is 23.8 Å². The van der Waals surface area contributed by atoms with E-state index >= 15 is 0 Å². The Labute approximate surface area is 171 Å². The third-order valence-corrected chi connectivity index (χ3v) is 4.26. The Balaban J connectivity index is 1.84. The van der Waals surface area contributed by atoms with Crippen molar-refractivity contribution in [2.75, 3.05) is 19.8 Å². The van der Waals surface area contributed by atoms with Crippen molar-refractivity contribution in [1.82, 2.24) is 10.9 Å². The summed E-state index contributed by atoms with van der Waals surface area (Å²) in [6, 6.07) is 12.3. The molecule has 0 saturated carbocycles. The van der Waals surface area contributed by atoms with Gasteiger partial charge in [-0.1, -0.05) is 12.1 Å². The molecule has 2 N–H and O–H groups in total. The fourth-order valence-electron chi connectivity index (χ4n) is 2.43. The second-order valence-electron chi connectivity index (χ2n) is 6.52. The highest BCUT2D eigenvalue weighted by Gasteiger charge is 2.16. The minimum Gasteiger partial charge on any atom is -0.491 e. The van der Waals surface area contributed by atoms with E-state index in [4.69, 9.17) is 14.2 Å². The maximum Gasteiger partial charge on any atom is 0.279 e. The topological polar surface area (TPSA) is 85.9 Å². The van der Waals surface area contributed by atoms with Gasteiger partial charge in [0.15, 0.2) is 6.10 Å². The molecule has 7 nitrogen and oxygen atoms in total. The second kappa shape index (κ2) is 11.1. The van der Waals surface area contributed by atoms with Gasteiger partial charge in [-0.2, -0.15) is 0 Å². The molecular weight excluding hydrogens is 372 g/mol. The Morgan fingerprint density at radius 3 is 2.48 bits per heavy atom. The minimum atomic E-state index is -0.773. The first-order chi connectivity index (χ1) is 13.9. The van der Waals surface area contributed by atoms with Gasteiger partial charge in [0.1, 0.15) is 18.1 Å². The smallest absolute Gasteiger partial charge is 0.279 e. The predicted octanol–water partition coefficient (Wildman–Crippen LogP) is 2.95. The van der Waals surface area contributed by atoms with E-state index in [1.165, 1.54) is 0 Å². The molecule has 0 fully saturated rings. The van der Waals surface area contributed by atoms with Crippen LogP contribution in [0, 0.1) is 13.8 Å². The molecule has 0 bridgehead atoms. The zero-order valence-electron chi connectivity index (χ0n) is 17.3. The Hall–Kier alpha value is -3.06. The largest absolute Gasteiger partial charge is 0.491 e. The number of carbonyl (C=O) groups excluding carboxylic acids is 2. The highest BCUT2D eigenvalue weighted by atomic mass is 16.5. The summed E-state index contributed by atoms with van der Waals surface area (Å²) < 4.78 is 16.4. The summed E-state index contributed by atoms with van der Waals surface area (Å²) in [5.41, 5.74) is 7.36. The van der Waals surface area contributed by atoms with E-state index < -0.39 is 17.9 Å². The van der Waals surface area contributed by atoms with Gasteiger partial charge >= 0.3 is 0 Å². The molecule has 2 aromatic rings.